The summed E-state index contributed by atoms with van der Waals surface area (Å²) in [6.45, 7) is 1.91. The highest BCUT2D eigenvalue weighted by molar-refractivity contribution is 5.77. The second kappa shape index (κ2) is 7.76. The van der Waals surface area contributed by atoms with E-state index in [0.717, 1.165) is 41.9 Å². The third-order valence-electron chi connectivity index (χ3n) is 5.15. The zero-order chi connectivity index (χ0) is 18.6. The maximum atomic E-state index is 12.4. The quantitative estimate of drug-likeness (QED) is 0.732. The molecule has 4 rings (SSSR count). The van der Waals surface area contributed by atoms with Crippen LogP contribution in [0.1, 0.15) is 24.1 Å². The highest BCUT2D eigenvalue weighted by Crippen LogP contribution is 2.30. The van der Waals surface area contributed by atoms with Gasteiger partial charge in [-0.15, -0.1) is 0 Å². The second-order valence-electron chi connectivity index (χ2n) is 6.93. The SMILES string of the molecule is NCCCC(=O)N1CCc2[nH]nc(-c3ccc(-c4ccccc4)cc3)c2C1. The molecule has 0 saturated heterocycles. The van der Waals surface area contributed by atoms with E-state index in [4.69, 9.17) is 5.73 Å². The first-order valence-corrected chi connectivity index (χ1v) is 9.46. The maximum Gasteiger partial charge on any atom is 0.222 e. The first-order chi connectivity index (χ1) is 13.3. The van der Waals surface area contributed by atoms with Gasteiger partial charge in [0.05, 0.1) is 5.69 Å². The number of benzene rings is 2. The molecule has 2 heterocycles. The van der Waals surface area contributed by atoms with E-state index in [1.807, 2.05) is 23.1 Å². The Hall–Kier alpha value is -2.92. The molecule has 3 N–H and O–H groups in total. The van der Waals surface area contributed by atoms with Gasteiger partial charge in [0.15, 0.2) is 0 Å². The summed E-state index contributed by atoms with van der Waals surface area (Å²) in [5.74, 6) is 0.178. The second-order valence-corrected chi connectivity index (χ2v) is 6.93. The molecule has 0 saturated carbocycles. The summed E-state index contributed by atoms with van der Waals surface area (Å²) >= 11 is 0. The summed E-state index contributed by atoms with van der Waals surface area (Å²) in [4.78, 5) is 14.3. The summed E-state index contributed by atoms with van der Waals surface area (Å²) in [5.41, 5.74) is 12.2. The van der Waals surface area contributed by atoms with Gasteiger partial charge in [-0.25, -0.2) is 0 Å². The number of amides is 1. The van der Waals surface area contributed by atoms with Crippen LogP contribution in [0.2, 0.25) is 0 Å². The zero-order valence-corrected chi connectivity index (χ0v) is 15.3. The van der Waals surface area contributed by atoms with E-state index >= 15 is 0 Å². The number of aromatic amines is 1. The molecule has 5 nitrogen and oxygen atoms in total. The number of carbonyl (C=O) groups excluding carboxylic acids is 1. The molecule has 2 aromatic carbocycles. The van der Waals surface area contributed by atoms with Gasteiger partial charge in [-0.05, 0) is 24.1 Å². The molecule has 0 radical (unpaired) electrons. The summed E-state index contributed by atoms with van der Waals surface area (Å²) in [6.07, 6.45) is 2.07. The minimum atomic E-state index is 0.178. The Morgan fingerprint density at radius 3 is 2.48 bits per heavy atom. The third kappa shape index (κ3) is 3.64. The molecule has 0 fully saturated rings. The molecule has 1 amide bonds. The average molecular weight is 360 g/mol. The number of nitrogens with two attached hydrogens (primary N) is 1. The van der Waals surface area contributed by atoms with Gasteiger partial charge in [0.2, 0.25) is 5.91 Å². The van der Waals surface area contributed by atoms with Gasteiger partial charge in [0.1, 0.15) is 0 Å². The van der Waals surface area contributed by atoms with Crippen LogP contribution in [0.25, 0.3) is 22.4 Å². The normalized spacial score (nSPS) is 13.4. The highest BCUT2D eigenvalue weighted by atomic mass is 16.2. The van der Waals surface area contributed by atoms with Crippen molar-refractivity contribution in [2.75, 3.05) is 13.1 Å². The van der Waals surface area contributed by atoms with Crippen molar-refractivity contribution in [3.63, 3.8) is 0 Å². The third-order valence-corrected chi connectivity index (χ3v) is 5.15. The van der Waals surface area contributed by atoms with E-state index in [2.05, 4.69) is 46.6 Å². The Labute approximate surface area is 159 Å². The zero-order valence-electron chi connectivity index (χ0n) is 15.3. The molecular weight excluding hydrogens is 336 g/mol. The molecule has 3 aromatic rings. The number of H-pyrrole nitrogens is 1. The molecule has 0 spiro atoms. The Kier molecular flexibility index (Phi) is 5.03. The maximum absolute atomic E-state index is 12.4. The predicted molar refractivity (Wildman–Crippen MR) is 107 cm³/mol. The van der Waals surface area contributed by atoms with E-state index in [1.54, 1.807) is 0 Å². The number of hydrogen-bond donors (Lipinski definition) is 2. The number of rotatable bonds is 5. The van der Waals surface area contributed by atoms with Gasteiger partial charge < -0.3 is 10.6 Å². The van der Waals surface area contributed by atoms with Crippen molar-refractivity contribution in [2.24, 2.45) is 5.73 Å². The van der Waals surface area contributed by atoms with E-state index in [-0.39, 0.29) is 5.91 Å². The van der Waals surface area contributed by atoms with Crippen molar-refractivity contribution in [1.82, 2.24) is 15.1 Å². The Morgan fingerprint density at radius 1 is 1.04 bits per heavy atom. The van der Waals surface area contributed by atoms with Crippen LogP contribution < -0.4 is 5.73 Å². The van der Waals surface area contributed by atoms with Crippen molar-refractivity contribution in [1.29, 1.82) is 0 Å². The molecular formula is C22H24N4O. The van der Waals surface area contributed by atoms with Crippen LogP contribution in [-0.2, 0) is 17.8 Å². The van der Waals surface area contributed by atoms with Crippen molar-refractivity contribution in [3.05, 3.63) is 65.9 Å². The number of aromatic nitrogens is 2. The molecule has 1 aromatic heterocycles. The van der Waals surface area contributed by atoms with Crippen molar-refractivity contribution in [3.8, 4) is 22.4 Å². The van der Waals surface area contributed by atoms with Crippen LogP contribution in [0, 0.1) is 0 Å². The van der Waals surface area contributed by atoms with Crippen LogP contribution >= 0.6 is 0 Å². The number of nitrogens with one attached hydrogen (secondary N) is 1. The summed E-state index contributed by atoms with van der Waals surface area (Å²) in [7, 11) is 0. The number of fused-ring (bicyclic) bond motifs is 1. The molecule has 0 unspecified atom stereocenters. The van der Waals surface area contributed by atoms with Crippen LogP contribution in [0.4, 0.5) is 0 Å². The standard InChI is InChI=1S/C22H24N4O/c23-13-4-7-21(27)26-14-12-20-19(15-26)22(25-24-20)18-10-8-17(9-11-18)16-5-2-1-3-6-16/h1-3,5-6,8-11H,4,7,12-15,23H2,(H,24,25). The van der Waals surface area contributed by atoms with Crippen molar-refractivity contribution in [2.45, 2.75) is 25.8 Å². The first kappa shape index (κ1) is 17.5. The van der Waals surface area contributed by atoms with E-state index < -0.39 is 0 Å². The van der Waals surface area contributed by atoms with Gasteiger partial charge in [0.25, 0.3) is 0 Å². The lowest BCUT2D eigenvalue weighted by Crippen LogP contribution is -2.36. The fraction of sp³-hybridized carbons (Fsp3) is 0.273. The van der Waals surface area contributed by atoms with Gasteiger partial charge in [-0.1, -0.05) is 54.6 Å². The predicted octanol–water partition coefficient (Wildman–Crippen LogP) is 3.37. The number of nitrogens with zero attached hydrogens (tertiary/aromatic N) is 2. The monoisotopic (exact) mass is 360 g/mol. The van der Waals surface area contributed by atoms with Crippen LogP contribution in [-0.4, -0.2) is 34.1 Å². The van der Waals surface area contributed by atoms with Gasteiger partial charge in [0, 0.05) is 42.8 Å². The Morgan fingerprint density at radius 2 is 1.74 bits per heavy atom. The summed E-state index contributed by atoms with van der Waals surface area (Å²) in [6, 6.07) is 18.8. The van der Waals surface area contributed by atoms with E-state index in [0.29, 0.717) is 19.5 Å². The molecule has 0 atom stereocenters. The molecule has 27 heavy (non-hydrogen) atoms. The minimum Gasteiger partial charge on any atom is -0.338 e. The highest BCUT2D eigenvalue weighted by Gasteiger charge is 2.25. The minimum absolute atomic E-state index is 0.178. The number of carbonyl (C=O) groups is 1. The molecule has 0 aliphatic carbocycles. The van der Waals surface area contributed by atoms with Gasteiger partial charge in [-0.3, -0.25) is 9.89 Å². The molecule has 0 bridgehead atoms. The van der Waals surface area contributed by atoms with Crippen LogP contribution in [0.5, 0.6) is 0 Å². The van der Waals surface area contributed by atoms with E-state index in [1.165, 1.54) is 11.1 Å². The Balaban J connectivity index is 1.56. The van der Waals surface area contributed by atoms with Gasteiger partial charge >= 0.3 is 0 Å². The average Bonchev–Trinajstić information content (AvgIpc) is 3.16. The fourth-order valence-electron chi connectivity index (χ4n) is 3.61. The molecule has 1 aliphatic rings. The summed E-state index contributed by atoms with van der Waals surface area (Å²) in [5, 5.41) is 7.71. The van der Waals surface area contributed by atoms with Crippen LogP contribution in [0.3, 0.4) is 0 Å². The summed E-state index contributed by atoms with van der Waals surface area (Å²) < 4.78 is 0. The molecule has 138 valence electrons. The molecule has 1 aliphatic heterocycles. The van der Waals surface area contributed by atoms with E-state index in [9.17, 15) is 4.79 Å². The number of hydrogen-bond acceptors (Lipinski definition) is 3. The van der Waals surface area contributed by atoms with Crippen molar-refractivity contribution >= 4 is 5.91 Å². The van der Waals surface area contributed by atoms with Crippen LogP contribution in [0.15, 0.2) is 54.6 Å². The topological polar surface area (TPSA) is 75.0 Å². The van der Waals surface area contributed by atoms with Gasteiger partial charge in [-0.2, -0.15) is 5.10 Å². The smallest absolute Gasteiger partial charge is 0.222 e. The first-order valence-electron chi connectivity index (χ1n) is 9.46. The van der Waals surface area contributed by atoms with Crippen molar-refractivity contribution < 1.29 is 4.79 Å². The molecule has 5 heteroatoms. The fourth-order valence-corrected chi connectivity index (χ4v) is 3.61. The lowest BCUT2D eigenvalue weighted by Gasteiger charge is -2.27. The lowest BCUT2D eigenvalue weighted by molar-refractivity contribution is -0.132. The Bertz CT molecular complexity index is 915. The lowest BCUT2D eigenvalue weighted by atomic mass is 9.98. The largest absolute Gasteiger partial charge is 0.338 e.